The van der Waals surface area contributed by atoms with Gasteiger partial charge in [-0.2, -0.15) is 13.2 Å². The van der Waals surface area contributed by atoms with Crippen molar-refractivity contribution < 1.29 is 22.8 Å². The van der Waals surface area contributed by atoms with Crippen LogP contribution >= 0.6 is 11.8 Å². The zero-order chi connectivity index (χ0) is 16.4. The summed E-state index contributed by atoms with van der Waals surface area (Å²) in [4.78, 5) is 25.8. The molecule has 0 aromatic rings. The molecule has 2 amide bonds. The first kappa shape index (κ1) is 18.1. The quantitative estimate of drug-likeness (QED) is 0.863. The fourth-order valence-electron chi connectivity index (χ4n) is 2.28. The van der Waals surface area contributed by atoms with Gasteiger partial charge in [0.2, 0.25) is 11.8 Å². The molecule has 1 heterocycles. The average Bonchev–Trinajstić information content (AvgIpc) is 2.30. The molecule has 0 saturated carbocycles. The van der Waals surface area contributed by atoms with Gasteiger partial charge in [-0.15, -0.1) is 0 Å². The SMILES string of the molecule is CCC1C(=O)NC(C(C)(C)C)C(=O)N1CCSC(F)(F)F. The predicted molar refractivity (Wildman–Crippen MR) is 75.7 cm³/mol. The summed E-state index contributed by atoms with van der Waals surface area (Å²) in [5.74, 6) is -0.874. The van der Waals surface area contributed by atoms with E-state index >= 15 is 0 Å². The number of hydrogen-bond donors (Lipinski definition) is 1. The van der Waals surface area contributed by atoms with Crippen molar-refractivity contribution in [2.45, 2.75) is 51.7 Å². The number of hydrogen-bond acceptors (Lipinski definition) is 3. The first-order valence-electron chi connectivity index (χ1n) is 6.79. The zero-order valence-electron chi connectivity index (χ0n) is 12.6. The highest BCUT2D eigenvalue weighted by atomic mass is 32.2. The molecule has 1 aliphatic heterocycles. The van der Waals surface area contributed by atoms with Crippen LogP contribution in [0.2, 0.25) is 0 Å². The maximum Gasteiger partial charge on any atom is 0.441 e. The molecule has 0 aliphatic carbocycles. The molecule has 1 saturated heterocycles. The van der Waals surface area contributed by atoms with Gasteiger partial charge < -0.3 is 10.2 Å². The van der Waals surface area contributed by atoms with Gasteiger partial charge in [0.05, 0.1) is 0 Å². The zero-order valence-corrected chi connectivity index (χ0v) is 13.4. The monoisotopic (exact) mass is 326 g/mol. The number of amides is 2. The van der Waals surface area contributed by atoms with Crippen LogP contribution in [0.25, 0.3) is 0 Å². The topological polar surface area (TPSA) is 49.4 Å². The molecule has 21 heavy (non-hydrogen) atoms. The average molecular weight is 326 g/mol. The molecule has 122 valence electrons. The number of nitrogens with zero attached hydrogens (tertiary/aromatic N) is 1. The summed E-state index contributed by atoms with van der Waals surface area (Å²) in [5, 5.41) is 2.68. The lowest BCUT2D eigenvalue weighted by Crippen LogP contribution is -2.66. The maximum atomic E-state index is 12.5. The van der Waals surface area contributed by atoms with Gasteiger partial charge in [0, 0.05) is 12.3 Å². The van der Waals surface area contributed by atoms with Crippen molar-refractivity contribution in [1.29, 1.82) is 0 Å². The molecule has 8 heteroatoms. The molecule has 1 N–H and O–H groups in total. The van der Waals surface area contributed by atoms with E-state index < -0.39 is 23.0 Å². The Kier molecular flexibility index (Phi) is 5.57. The Balaban J connectivity index is 2.84. The molecule has 1 aliphatic rings. The van der Waals surface area contributed by atoms with Gasteiger partial charge >= 0.3 is 5.51 Å². The van der Waals surface area contributed by atoms with Gasteiger partial charge in [-0.3, -0.25) is 9.59 Å². The highest BCUT2D eigenvalue weighted by molar-refractivity contribution is 8.00. The molecule has 1 rings (SSSR count). The summed E-state index contributed by atoms with van der Waals surface area (Å²) in [5.41, 5.74) is -4.81. The predicted octanol–water partition coefficient (Wildman–Crippen LogP) is 2.39. The second-order valence-electron chi connectivity index (χ2n) is 6.06. The molecule has 1 fully saturated rings. The molecular weight excluding hydrogens is 305 g/mol. The lowest BCUT2D eigenvalue weighted by Gasteiger charge is -2.43. The third kappa shape index (κ3) is 4.79. The van der Waals surface area contributed by atoms with Gasteiger partial charge in [-0.25, -0.2) is 0 Å². The molecule has 0 radical (unpaired) electrons. The third-order valence-electron chi connectivity index (χ3n) is 3.35. The second kappa shape index (κ2) is 6.46. The number of rotatable bonds is 4. The van der Waals surface area contributed by atoms with Crippen LogP contribution in [-0.4, -0.2) is 46.6 Å². The van der Waals surface area contributed by atoms with E-state index in [1.165, 1.54) is 4.90 Å². The summed E-state index contributed by atoms with van der Waals surface area (Å²) < 4.78 is 36.6. The molecule has 2 unspecified atom stereocenters. The number of carbonyl (C=O) groups excluding carboxylic acids is 2. The van der Waals surface area contributed by atoms with E-state index in [-0.39, 0.29) is 35.9 Å². The van der Waals surface area contributed by atoms with Crippen LogP contribution in [0, 0.1) is 5.41 Å². The molecule has 2 atom stereocenters. The molecule has 0 spiro atoms. The highest BCUT2D eigenvalue weighted by Crippen LogP contribution is 2.31. The summed E-state index contributed by atoms with van der Waals surface area (Å²) in [6, 6.07) is -1.39. The molecule has 4 nitrogen and oxygen atoms in total. The Labute approximate surface area is 126 Å². The number of alkyl halides is 3. The molecular formula is C13H21F3N2O2S. The van der Waals surface area contributed by atoms with E-state index in [0.717, 1.165) is 0 Å². The normalized spacial score (nSPS) is 24.2. The van der Waals surface area contributed by atoms with Crippen molar-refractivity contribution in [2.75, 3.05) is 12.3 Å². The van der Waals surface area contributed by atoms with E-state index in [9.17, 15) is 22.8 Å². The Hall–Kier alpha value is -0.920. The van der Waals surface area contributed by atoms with Crippen LogP contribution < -0.4 is 5.32 Å². The van der Waals surface area contributed by atoms with Crippen molar-refractivity contribution in [2.24, 2.45) is 5.41 Å². The van der Waals surface area contributed by atoms with E-state index in [1.54, 1.807) is 6.92 Å². The minimum absolute atomic E-state index is 0.0818. The van der Waals surface area contributed by atoms with E-state index in [4.69, 9.17) is 0 Å². The highest BCUT2D eigenvalue weighted by Gasteiger charge is 2.44. The molecule has 0 aromatic carbocycles. The minimum Gasteiger partial charge on any atom is -0.342 e. The van der Waals surface area contributed by atoms with Crippen LogP contribution in [-0.2, 0) is 9.59 Å². The standard InChI is InChI=1S/C13H21F3N2O2S/c1-5-8-10(19)17-9(12(2,3)4)11(20)18(8)6-7-21-13(14,15)16/h8-9H,5-7H2,1-4H3,(H,17,19). The van der Waals surface area contributed by atoms with Gasteiger partial charge in [0.25, 0.3) is 0 Å². The van der Waals surface area contributed by atoms with Crippen molar-refractivity contribution in [3.63, 3.8) is 0 Å². The summed E-state index contributed by atoms with van der Waals surface area (Å²) in [6.07, 6.45) is 0.380. The number of thioether (sulfide) groups is 1. The van der Waals surface area contributed by atoms with Crippen LogP contribution in [0.3, 0.4) is 0 Å². The number of halogens is 3. The lowest BCUT2D eigenvalue weighted by molar-refractivity contribution is -0.152. The van der Waals surface area contributed by atoms with Crippen molar-refractivity contribution in [3.05, 3.63) is 0 Å². The second-order valence-corrected chi connectivity index (χ2v) is 7.22. The van der Waals surface area contributed by atoms with Crippen molar-refractivity contribution >= 4 is 23.6 Å². The fraction of sp³-hybridized carbons (Fsp3) is 0.846. The largest absolute Gasteiger partial charge is 0.441 e. The van der Waals surface area contributed by atoms with Crippen LogP contribution in [0.4, 0.5) is 13.2 Å². The summed E-state index contributed by atoms with van der Waals surface area (Å²) in [6.45, 7) is 7.08. The van der Waals surface area contributed by atoms with Gasteiger partial charge in [-0.05, 0) is 23.6 Å². The fourth-order valence-corrected chi connectivity index (χ4v) is 2.80. The van der Waals surface area contributed by atoms with Crippen LogP contribution in [0.15, 0.2) is 0 Å². The summed E-state index contributed by atoms with van der Waals surface area (Å²) in [7, 11) is 0. The molecule has 0 aromatic heterocycles. The minimum atomic E-state index is -4.33. The number of nitrogens with one attached hydrogen (secondary N) is 1. The third-order valence-corrected chi connectivity index (χ3v) is 4.06. The first-order chi connectivity index (χ1) is 9.47. The van der Waals surface area contributed by atoms with E-state index in [2.05, 4.69) is 5.32 Å². The smallest absolute Gasteiger partial charge is 0.342 e. The Morgan fingerprint density at radius 1 is 1.24 bits per heavy atom. The van der Waals surface area contributed by atoms with Gasteiger partial charge in [-0.1, -0.05) is 27.7 Å². The molecule has 0 bridgehead atoms. The van der Waals surface area contributed by atoms with Crippen molar-refractivity contribution in [1.82, 2.24) is 10.2 Å². The van der Waals surface area contributed by atoms with Crippen molar-refractivity contribution in [3.8, 4) is 0 Å². The Morgan fingerprint density at radius 3 is 2.24 bits per heavy atom. The Morgan fingerprint density at radius 2 is 1.81 bits per heavy atom. The van der Waals surface area contributed by atoms with Crippen LogP contribution in [0.5, 0.6) is 0 Å². The van der Waals surface area contributed by atoms with E-state index in [1.807, 2.05) is 20.8 Å². The van der Waals surface area contributed by atoms with Gasteiger partial charge in [0.15, 0.2) is 0 Å². The van der Waals surface area contributed by atoms with Crippen LogP contribution in [0.1, 0.15) is 34.1 Å². The Bertz CT molecular complexity index is 407. The van der Waals surface area contributed by atoms with E-state index in [0.29, 0.717) is 6.42 Å². The maximum absolute atomic E-state index is 12.5. The lowest BCUT2D eigenvalue weighted by atomic mass is 9.83. The van der Waals surface area contributed by atoms with Gasteiger partial charge in [0.1, 0.15) is 12.1 Å². The number of carbonyl (C=O) groups is 2. The number of piperazine rings is 1. The summed E-state index contributed by atoms with van der Waals surface area (Å²) >= 11 is -0.174. The first-order valence-corrected chi connectivity index (χ1v) is 7.77.